The van der Waals surface area contributed by atoms with Crippen LogP contribution in [0.15, 0.2) is 30.3 Å². The van der Waals surface area contributed by atoms with E-state index in [9.17, 15) is 19.7 Å². The first-order valence-corrected chi connectivity index (χ1v) is 10.6. The summed E-state index contributed by atoms with van der Waals surface area (Å²) in [7, 11) is 1.37. The molecule has 2 aromatic carbocycles. The first-order valence-electron chi connectivity index (χ1n) is 9.80. The molecule has 1 aliphatic rings. The van der Waals surface area contributed by atoms with Gasteiger partial charge in [0.05, 0.1) is 40.3 Å². The van der Waals surface area contributed by atoms with Gasteiger partial charge in [-0.2, -0.15) is 0 Å². The summed E-state index contributed by atoms with van der Waals surface area (Å²) in [5, 5.41) is 12.0. The number of benzene rings is 2. The fourth-order valence-corrected chi connectivity index (χ4v) is 3.80. The molecule has 0 bridgehead atoms. The second-order valence-electron chi connectivity index (χ2n) is 6.90. The molecule has 0 atom stereocenters. The second kappa shape index (κ2) is 10.1. The number of ether oxygens (including phenoxy) is 2. The number of carbonyl (C=O) groups is 2. The van der Waals surface area contributed by atoms with Crippen molar-refractivity contribution >= 4 is 40.7 Å². The zero-order chi connectivity index (χ0) is 23.4. The molecule has 0 saturated carbocycles. The van der Waals surface area contributed by atoms with Crippen molar-refractivity contribution in [2.24, 2.45) is 0 Å². The summed E-state index contributed by atoms with van der Waals surface area (Å²) in [4.78, 5) is 39.9. The Morgan fingerprint density at radius 1 is 1.03 bits per heavy atom. The van der Waals surface area contributed by atoms with Gasteiger partial charge in [0.15, 0.2) is 11.5 Å². The normalized spacial score (nSPS) is 13.6. The first kappa shape index (κ1) is 23.6. The molecule has 0 aliphatic carbocycles. The quantitative estimate of drug-likeness (QED) is 0.457. The highest BCUT2D eigenvalue weighted by molar-refractivity contribution is 6.43. The van der Waals surface area contributed by atoms with Crippen LogP contribution in [0, 0.1) is 10.1 Å². The fourth-order valence-electron chi connectivity index (χ4n) is 3.42. The van der Waals surface area contributed by atoms with Gasteiger partial charge in [-0.05, 0) is 19.1 Å². The molecule has 0 aromatic heterocycles. The largest absolute Gasteiger partial charge is 0.493 e. The van der Waals surface area contributed by atoms with E-state index < -0.39 is 10.8 Å². The molecule has 0 radical (unpaired) electrons. The van der Waals surface area contributed by atoms with Gasteiger partial charge in [0.2, 0.25) is 0 Å². The van der Waals surface area contributed by atoms with E-state index in [4.69, 9.17) is 32.7 Å². The molecule has 11 heteroatoms. The fraction of sp³-hybridized carbons (Fsp3) is 0.333. The number of halogens is 2. The van der Waals surface area contributed by atoms with Crippen LogP contribution in [0.5, 0.6) is 11.5 Å². The van der Waals surface area contributed by atoms with Crippen LogP contribution in [-0.4, -0.2) is 66.4 Å². The Balaban J connectivity index is 1.79. The minimum Gasteiger partial charge on any atom is -0.493 e. The molecule has 3 rings (SSSR count). The monoisotopic (exact) mass is 481 g/mol. The molecule has 1 heterocycles. The summed E-state index contributed by atoms with van der Waals surface area (Å²) >= 11 is 12.1. The Morgan fingerprint density at radius 3 is 2.16 bits per heavy atom. The summed E-state index contributed by atoms with van der Waals surface area (Å²) in [5.41, 5.74) is -0.192. The molecular formula is C21H21Cl2N3O6. The van der Waals surface area contributed by atoms with Crippen molar-refractivity contribution < 1.29 is 24.0 Å². The summed E-state index contributed by atoms with van der Waals surface area (Å²) in [5.74, 6) is -0.399. The van der Waals surface area contributed by atoms with Gasteiger partial charge >= 0.3 is 0 Å². The van der Waals surface area contributed by atoms with E-state index in [1.165, 1.54) is 24.1 Å². The van der Waals surface area contributed by atoms with Crippen molar-refractivity contribution in [2.45, 2.75) is 6.92 Å². The van der Waals surface area contributed by atoms with Crippen LogP contribution in [0.1, 0.15) is 27.6 Å². The number of rotatable bonds is 6. The molecule has 2 amide bonds. The van der Waals surface area contributed by atoms with Gasteiger partial charge in [0.1, 0.15) is 5.56 Å². The summed E-state index contributed by atoms with van der Waals surface area (Å²) < 4.78 is 10.6. The van der Waals surface area contributed by atoms with E-state index in [2.05, 4.69) is 0 Å². The van der Waals surface area contributed by atoms with E-state index in [0.717, 1.165) is 0 Å². The van der Waals surface area contributed by atoms with Gasteiger partial charge in [-0.15, -0.1) is 0 Å². The van der Waals surface area contributed by atoms with Crippen LogP contribution in [0.4, 0.5) is 5.69 Å². The highest BCUT2D eigenvalue weighted by Gasteiger charge is 2.31. The number of hydrogen-bond donors (Lipinski definition) is 0. The molecule has 1 saturated heterocycles. The molecule has 2 aromatic rings. The maximum absolute atomic E-state index is 13.1. The zero-order valence-electron chi connectivity index (χ0n) is 17.5. The standard InChI is InChI=1S/C21H21Cl2N3O6/c1-3-32-18-11-14(16(26(29)30)12-17(18)31-2)21(28)25-9-7-24(8-10-25)20(27)13-5-4-6-15(22)19(13)23/h4-6,11-12H,3,7-10H2,1-2H3. The van der Waals surface area contributed by atoms with Gasteiger partial charge in [0.25, 0.3) is 17.5 Å². The van der Waals surface area contributed by atoms with E-state index in [1.807, 2.05) is 0 Å². The number of nitrogens with zero attached hydrogens (tertiary/aromatic N) is 3. The number of piperazine rings is 1. The molecule has 1 fully saturated rings. The minimum absolute atomic E-state index is 0.100. The first-order chi connectivity index (χ1) is 15.3. The lowest BCUT2D eigenvalue weighted by atomic mass is 10.1. The Bertz CT molecular complexity index is 1050. The van der Waals surface area contributed by atoms with Gasteiger partial charge in [-0.25, -0.2) is 0 Å². The Morgan fingerprint density at radius 2 is 1.62 bits per heavy atom. The molecule has 170 valence electrons. The van der Waals surface area contributed by atoms with Crippen molar-refractivity contribution in [1.29, 1.82) is 0 Å². The molecule has 32 heavy (non-hydrogen) atoms. The van der Waals surface area contributed by atoms with Gasteiger partial charge < -0.3 is 19.3 Å². The maximum atomic E-state index is 13.1. The van der Waals surface area contributed by atoms with Crippen molar-refractivity contribution in [1.82, 2.24) is 9.80 Å². The van der Waals surface area contributed by atoms with Crippen LogP contribution >= 0.6 is 23.2 Å². The van der Waals surface area contributed by atoms with Gasteiger partial charge in [-0.1, -0.05) is 29.3 Å². The SMILES string of the molecule is CCOc1cc(C(=O)N2CCN(C(=O)c3cccc(Cl)c3Cl)CC2)c([N+](=O)[O-])cc1OC. The number of methoxy groups -OCH3 is 1. The number of nitro groups is 1. The summed E-state index contributed by atoms with van der Waals surface area (Å²) in [6, 6.07) is 7.32. The predicted molar refractivity (Wildman–Crippen MR) is 119 cm³/mol. The average molecular weight is 482 g/mol. The lowest BCUT2D eigenvalue weighted by Gasteiger charge is -2.35. The third-order valence-corrected chi connectivity index (χ3v) is 5.86. The van der Waals surface area contributed by atoms with E-state index in [1.54, 1.807) is 30.0 Å². The third kappa shape index (κ3) is 4.73. The summed E-state index contributed by atoms with van der Waals surface area (Å²) in [6.07, 6.45) is 0. The Labute approximate surface area is 194 Å². The number of nitro benzene ring substituents is 1. The highest BCUT2D eigenvalue weighted by Crippen LogP contribution is 2.35. The van der Waals surface area contributed by atoms with Crippen LogP contribution < -0.4 is 9.47 Å². The van der Waals surface area contributed by atoms with Crippen LogP contribution in [-0.2, 0) is 0 Å². The van der Waals surface area contributed by atoms with Crippen LogP contribution in [0.2, 0.25) is 10.0 Å². The lowest BCUT2D eigenvalue weighted by molar-refractivity contribution is -0.385. The highest BCUT2D eigenvalue weighted by atomic mass is 35.5. The van der Waals surface area contributed by atoms with Gasteiger partial charge in [-0.3, -0.25) is 19.7 Å². The molecule has 0 unspecified atom stereocenters. The molecular weight excluding hydrogens is 461 g/mol. The number of carbonyl (C=O) groups excluding carboxylic acids is 2. The molecule has 9 nitrogen and oxygen atoms in total. The van der Waals surface area contributed by atoms with Gasteiger partial charge in [0, 0.05) is 32.2 Å². The third-order valence-electron chi connectivity index (χ3n) is 5.05. The van der Waals surface area contributed by atoms with Crippen molar-refractivity contribution in [3.05, 3.63) is 61.6 Å². The lowest BCUT2D eigenvalue weighted by Crippen LogP contribution is -2.50. The maximum Gasteiger partial charge on any atom is 0.286 e. The van der Waals surface area contributed by atoms with Crippen LogP contribution in [0.25, 0.3) is 0 Å². The van der Waals surface area contributed by atoms with E-state index in [-0.39, 0.29) is 70.4 Å². The molecule has 0 N–H and O–H groups in total. The molecule has 0 spiro atoms. The smallest absolute Gasteiger partial charge is 0.286 e. The Kier molecular flexibility index (Phi) is 7.42. The van der Waals surface area contributed by atoms with E-state index in [0.29, 0.717) is 6.61 Å². The number of hydrogen-bond acceptors (Lipinski definition) is 6. The van der Waals surface area contributed by atoms with E-state index >= 15 is 0 Å². The number of amides is 2. The van der Waals surface area contributed by atoms with Crippen molar-refractivity contribution in [3.63, 3.8) is 0 Å². The summed E-state index contributed by atoms with van der Waals surface area (Å²) in [6.45, 7) is 2.95. The average Bonchev–Trinajstić information content (AvgIpc) is 2.80. The van der Waals surface area contributed by atoms with Crippen molar-refractivity contribution in [2.75, 3.05) is 39.9 Å². The predicted octanol–water partition coefficient (Wildman–Crippen LogP) is 3.91. The van der Waals surface area contributed by atoms with Crippen LogP contribution in [0.3, 0.4) is 0 Å². The Hall–Kier alpha value is -3.04. The minimum atomic E-state index is -0.633. The van der Waals surface area contributed by atoms with Crippen molar-refractivity contribution in [3.8, 4) is 11.5 Å². The zero-order valence-corrected chi connectivity index (χ0v) is 19.0. The molecule has 1 aliphatic heterocycles. The second-order valence-corrected chi connectivity index (χ2v) is 7.68. The topological polar surface area (TPSA) is 102 Å².